The first-order valence-electron chi connectivity index (χ1n) is 6.87. The Morgan fingerprint density at radius 3 is 2.90 bits per heavy atom. The number of morpholine rings is 1. The summed E-state index contributed by atoms with van der Waals surface area (Å²) < 4.78 is 15.0. The van der Waals surface area contributed by atoms with Gasteiger partial charge in [-0.3, -0.25) is 9.47 Å². The number of nitrogens with zero attached hydrogens (tertiary/aromatic N) is 4. The summed E-state index contributed by atoms with van der Waals surface area (Å²) in [6, 6.07) is 7.77. The molecule has 7 heteroatoms. The Balaban J connectivity index is 1.82. The summed E-state index contributed by atoms with van der Waals surface area (Å²) in [5, 5.41) is 4.39. The third kappa shape index (κ3) is 3.15. The van der Waals surface area contributed by atoms with Gasteiger partial charge in [-0.25, -0.2) is 4.68 Å². The summed E-state index contributed by atoms with van der Waals surface area (Å²) in [7, 11) is 1.65. The van der Waals surface area contributed by atoms with Crippen LogP contribution in [0, 0.1) is 4.77 Å². The molecule has 112 valence electrons. The van der Waals surface area contributed by atoms with Gasteiger partial charge in [0.1, 0.15) is 12.1 Å². The zero-order valence-corrected chi connectivity index (χ0v) is 12.8. The molecule has 1 saturated heterocycles. The van der Waals surface area contributed by atoms with E-state index >= 15 is 0 Å². The second kappa shape index (κ2) is 6.38. The molecule has 0 unspecified atom stereocenters. The second-order valence-electron chi connectivity index (χ2n) is 4.86. The topological polar surface area (TPSA) is 44.5 Å². The predicted molar refractivity (Wildman–Crippen MR) is 81.3 cm³/mol. The zero-order valence-electron chi connectivity index (χ0n) is 11.9. The Kier molecular flexibility index (Phi) is 4.33. The van der Waals surface area contributed by atoms with Crippen LogP contribution in [0.15, 0.2) is 30.6 Å². The lowest BCUT2D eigenvalue weighted by atomic mass is 10.3. The molecule has 0 bridgehead atoms. The van der Waals surface area contributed by atoms with Crippen molar-refractivity contribution in [2.24, 2.45) is 0 Å². The smallest absolute Gasteiger partial charge is 0.203 e. The van der Waals surface area contributed by atoms with Crippen LogP contribution in [0.3, 0.4) is 0 Å². The van der Waals surface area contributed by atoms with Crippen LogP contribution in [-0.4, -0.2) is 52.7 Å². The SMILES string of the molecule is COc1cccc(-n2cnn(CN3CCOCC3)c2=S)c1. The first-order valence-corrected chi connectivity index (χ1v) is 7.28. The molecule has 0 atom stereocenters. The molecule has 0 aliphatic carbocycles. The van der Waals surface area contributed by atoms with Gasteiger partial charge in [0.2, 0.25) is 4.77 Å². The molecular weight excluding hydrogens is 288 g/mol. The zero-order chi connectivity index (χ0) is 14.7. The third-order valence-electron chi connectivity index (χ3n) is 3.50. The maximum absolute atomic E-state index is 5.52. The van der Waals surface area contributed by atoms with Crippen molar-refractivity contribution in [2.75, 3.05) is 33.4 Å². The molecule has 1 fully saturated rings. The Bertz CT molecular complexity index is 661. The van der Waals surface area contributed by atoms with Gasteiger partial charge in [-0.2, -0.15) is 5.10 Å². The molecule has 2 aromatic rings. The van der Waals surface area contributed by atoms with Crippen LogP contribution >= 0.6 is 12.2 Å². The third-order valence-corrected chi connectivity index (χ3v) is 3.91. The molecule has 1 aromatic carbocycles. The van der Waals surface area contributed by atoms with E-state index in [0.29, 0.717) is 11.4 Å². The minimum Gasteiger partial charge on any atom is -0.497 e. The van der Waals surface area contributed by atoms with E-state index in [-0.39, 0.29) is 0 Å². The average molecular weight is 306 g/mol. The van der Waals surface area contributed by atoms with Crippen LogP contribution in [-0.2, 0) is 11.4 Å². The molecule has 0 spiro atoms. The van der Waals surface area contributed by atoms with E-state index in [0.717, 1.165) is 37.7 Å². The number of hydrogen-bond acceptors (Lipinski definition) is 5. The number of methoxy groups -OCH3 is 1. The fourth-order valence-corrected chi connectivity index (χ4v) is 2.56. The van der Waals surface area contributed by atoms with Crippen molar-refractivity contribution >= 4 is 12.2 Å². The molecule has 1 aliphatic heterocycles. The van der Waals surface area contributed by atoms with Gasteiger partial charge in [0.05, 0.1) is 32.7 Å². The predicted octanol–water partition coefficient (Wildman–Crippen LogP) is 1.70. The summed E-state index contributed by atoms with van der Waals surface area (Å²) >= 11 is 5.52. The van der Waals surface area contributed by atoms with Crippen molar-refractivity contribution < 1.29 is 9.47 Å². The molecule has 2 heterocycles. The van der Waals surface area contributed by atoms with Gasteiger partial charge in [0, 0.05) is 19.2 Å². The minimum atomic E-state index is 0.676. The number of hydrogen-bond donors (Lipinski definition) is 0. The van der Waals surface area contributed by atoms with E-state index in [9.17, 15) is 0 Å². The molecule has 21 heavy (non-hydrogen) atoms. The Hall–Kier alpha value is -1.70. The van der Waals surface area contributed by atoms with Crippen molar-refractivity contribution in [1.29, 1.82) is 0 Å². The van der Waals surface area contributed by atoms with Gasteiger partial charge in [0.15, 0.2) is 0 Å². The maximum atomic E-state index is 5.52. The monoisotopic (exact) mass is 306 g/mol. The van der Waals surface area contributed by atoms with E-state index in [1.165, 1.54) is 0 Å². The average Bonchev–Trinajstić information content (AvgIpc) is 2.89. The number of rotatable bonds is 4. The van der Waals surface area contributed by atoms with Crippen molar-refractivity contribution in [3.63, 3.8) is 0 Å². The molecule has 0 saturated carbocycles. The molecule has 6 nitrogen and oxygen atoms in total. The molecule has 1 aromatic heterocycles. The fourth-order valence-electron chi connectivity index (χ4n) is 2.30. The van der Waals surface area contributed by atoms with Crippen molar-refractivity contribution in [1.82, 2.24) is 19.2 Å². The van der Waals surface area contributed by atoms with Gasteiger partial charge >= 0.3 is 0 Å². The lowest BCUT2D eigenvalue weighted by Crippen LogP contribution is -2.37. The van der Waals surface area contributed by atoms with E-state index in [4.69, 9.17) is 21.7 Å². The highest BCUT2D eigenvalue weighted by atomic mass is 32.1. The van der Waals surface area contributed by atoms with E-state index < -0.39 is 0 Å². The van der Waals surface area contributed by atoms with Crippen LogP contribution in [0.1, 0.15) is 0 Å². The number of ether oxygens (including phenoxy) is 2. The van der Waals surface area contributed by atoms with Gasteiger partial charge < -0.3 is 9.47 Å². The van der Waals surface area contributed by atoms with Gasteiger partial charge in [-0.05, 0) is 24.4 Å². The van der Waals surface area contributed by atoms with Crippen molar-refractivity contribution in [2.45, 2.75) is 6.67 Å². The maximum Gasteiger partial charge on any atom is 0.203 e. The van der Waals surface area contributed by atoms with Gasteiger partial charge in [0.25, 0.3) is 0 Å². The van der Waals surface area contributed by atoms with Crippen molar-refractivity contribution in [3.8, 4) is 11.4 Å². The molecule has 0 amide bonds. The van der Waals surface area contributed by atoms with Crippen molar-refractivity contribution in [3.05, 3.63) is 35.4 Å². The minimum absolute atomic E-state index is 0.676. The van der Waals surface area contributed by atoms with Gasteiger partial charge in [-0.1, -0.05) is 6.07 Å². The fraction of sp³-hybridized carbons (Fsp3) is 0.429. The van der Waals surface area contributed by atoms with Crippen LogP contribution < -0.4 is 4.74 Å². The summed E-state index contributed by atoms with van der Waals surface area (Å²) in [5.74, 6) is 0.801. The highest BCUT2D eigenvalue weighted by molar-refractivity contribution is 7.71. The molecule has 0 radical (unpaired) electrons. The normalized spacial score (nSPS) is 16.0. The lowest BCUT2D eigenvalue weighted by Gasteiger charge is -2.26. The second-order valence-corrected chi connectivity index (χ2v) is 5.22. The van der Waals surface area contributed by atoms with E-state index in [2.05, 4.69) is 10.00 Å². The lowest BCUT2D eigenvalue weighted by molar-refractivity contribution is 0.0210. The summed E-state index contributed by atoms with van der Waals surface area (Å²) in [4.78, 5) is 2.28. The quantitative estimate of drug-likeness (QED) is 0.805. The highest BCUT2D eigenvalue weighted by Gasteiger charge is 2.12. The number of aromatic nitrogens is 3. The van der Waals surface area contributed by atoms with Crippen LogP contribution in [0.25, 0.3) is 5.69 Å². The van der Waals surface area contributed by atoms with Crippen LogP contribution in [0.5, 0.6) is 5.75 Å². The Morgan fingerprint density at radius 2 is 2.14 bits per heavy atom. The van der Waals surface area contributed by atoms with Gasteiger partial charge in [-0.15, -0.1) is 0 Å². The summed E-state index contributed by atoms with van der Waals surface area (Å²) in [6.07, 6.45) is 1.75. The van der Waals surface area contributed by atoms with E-state index in [1.807, 2.05) is 33.5 Å². The largest absolute Gasteiger partial charge is 0.497 e. The molecular formula is C14H18N4O2S. The molecule has 1 aliphatic rings. The van der Waals surface area contributed by atoms with Crippen LogP contribution in [0.4, 0.5) is 0 Å². The molecule has 0 N–H and O–H groups in total. The molecule has 3 rings (SSSR count). The summed E-state index contributed by atoms with van der Waals surface area (Å²) in [5.41, 5.74) is 0.951. The highest BCUT2D eigenvalue weighted by Crippen LogP contribution is 2.16. The van der Waals surface area contributed by atoms with E-state index in [1.54, 1.807) is 13.4 Å². The summed E-state index contributed by atoms with van der Waals surface area (Å²) in [6.45, 7) is 4.05. The van der Waals surface area contributed by atoms with Crippen LogP contribution in [0.2, 0.25) is 0 Å². The standard InChI is InChI=1S/C14H18N4O2S/c1-19-13-4-2-3-12(9-13)17-10-15-18(14(17)21)11-16-5-7-20-8-6-16/h2-4,9-10H,5-8,11H2,1H3. The Labute approximate surface area is 128 Å². The first kappa shape index (κ1) is 14.2. The Morgan fingerprint density at radius 1 is 1.33 bits per heavy atom. The number of benzene rings is 1. The first-order chi connectivity index (χ1) is 10.3.